The van der Waals surface area contributed by atoms with Crippen molar-refractivity contribution in [2.45, 2.75) is 18.9 Å². The molecule has 2 aromatic rings. The molecular weight excluding hydrogens is 336 g/mol. The molecule has 7 heteroatoms. The minimum Gasteiger partial charge on any atom is -0.497 e. The summed E-state index contributed by atoms with van der Waals surface area (Å²) in [5.41, 5.74) is -0.610. The van der Waals surface area contributed by atoms with Crippen LogP contribution in [0.1, 0.15) is 19.1 Å². The zero-order valence-corrected chi connectivity index (χ0v) is 14.8. The van der Waals surface area contributed by atoms with Crippen molar-refractivity contribution in [3.8, 4) is 5.75 Å². The van der Waals surface area contributed by atoms with Gasteiger partial charge in [-0.25, -0.2) is 0 Å². The van der Waals surface area contributed by atoms with Crippen molar-refractivity contribution in [1.82, 2.24) is 5.32 Å². The van der Waals surface area contributed by atoms with Crippen molar-refractivity contribution < 1.29 is 23.8 Å². The molecule has 0 radical (unpaired) electrons. The van der Waals surface area contributed by atoms with E-state index in [4.69, 9.17) is 9.15 Å². The minimum absolute atomic E-state index is 0.00317. The summed E-state index contributed by atoms with van der Waals surface area (Å²) in [5.74, 6) is 0.170. The van der Waals surface area contributed by atoms with Crippen LogP contribution in [-0.2, 0) is 15.2 Å². The largest absolute Gasteiger partial charge is 0.497 e. The van der Waals surface area contributed by atoms with E-state index in [0.29, 0.717) is 23.7 Å². The lowest BCUT2D eigenvalue weighted by atomic mass is 10.0. The lowest BCUT2D eigenvalue weighted by Crippen LogP contribution is -2.41. The Morgan fingerprint density at radius 3 is 2.92 bits per heavy atom. The lowest BCUT2D eigenvalue weighted by molar-refractivity contribution is -0.127. The van der Waals surface area contributed by atoms with Crippen LogP contribution in [0.5, 0.6) is 5.75 Å². The molecule has 0 aliphatic carbocycles. The summed E-state index contributed by atoms with van der Waals surface area (Å²) in [6.45, 7) is 1.86. The number of benzene rings is 1. The van der Waals surface area contributed by atoms with Crippen LogP contribution in [-0.4, -0.2) is 37.1 Å². The molecule has 26 heavy (non-hydrogen) atoms. The summed E-state index contributed by atoms with van der Waals surface area (Å²) in [4.78, 5) is 26.3. The molecule has 1 saturated heterocycles. The van der Waals surface area contributed by atoms with Crippen molar-refractivity contribution in [2.24, 2.45) is 5.92 Å². The maximum atomic E-state index is 12.5. The van der Waals surface area contributed by atoms with Gasteiger partial charge in [-0.2, -0.15) is 0 Å². The molecule has 3 rings (SSSR count). The standard InChI is InChI=1S/C19H22N2O5/c1-19(24,16-7-4-8-26-16)12-20-18(23)13-9-17(22)21(11-13)14-5-3-6-15(10-14)25-2/h3-8,10,13,24H,9,11-12H2,1-2H3,(H,20,23)/t13-,19-/m1/s1. The molecule has 1 aromatic heterocycles. The number of aliphatic hydroxyl groups is 1. The summed E-state index contributed by atoms with van der Waals surface area (Å²) in [7, 11) is 1.56. The van der Waals surface area contributed by atoms with E-state index in [2.05, 4.69) is 5.32 Å². The Labute approximate surface area is 151 Å². The van der Waals surface area contributed by atoms with E-state index in [1.165, 1.54) is 6.26 Å². The second-order valence-corrected chi connectivity index (χ2v) is 6.58. The van der Waals surface area contributed by atoms with Crippen LogP contribution in [0.2, 0.25) is 0 Å². The monoisotopic (exact) mass is 358 g/mol. The summed E-state index contributed by atoms with van der Waals surface area (Å²) < 4.78 is 10.4. The highest BCUT2D eigenvalue weighted by Crippen LogP contribution is 2.28. The Morgan fingerprint density at radius 1 is 1.42 bits per heavy atom. The fourth-order valence-corrected chi connectivity index (χ4v) is 2.99. The van der Waals surface area contributed by atoms with Gasteiger partial charge in [0.1, 0.15) is 17.1 Å². The summed E-state index contributed by atoms with van der Waals surface area (Å²) >= 11 is 0. The van der Waals surface area contributed by atoms with Crippen LogP contribution < -0.4 is 15.0 Å². The number of anilines is 1. The molecule has 0 unspecified atom stereocenters. The number of nitrogens with zero attached hydrogens (tertiary/aromatic N) is 1. The number of furan rings is 1. The maximum Gasteiger partial charge on any atom is 0.227 e. The lowest BCUT2D eigenvalue weighted by Gasteiger charge is -2.22. The molecule has 7 nitrogen and oxygen atoms in total. The van der Waals surface area contributed by atoms with Gasteiger partial charge in [0.25, 0.3) is 0 Å². The third-order valence-electron chi connectivity index (χ3n) is 4.52. The van der Waals surface area contributed by atoms with E-state index in [-0.39, 0.29) is 24.8 Å². The third-order valence-corrected chi connectivity index (χ3v) is 4.52. The second-order valence-electron chi connectivity index (χ2n) is 6.58. The number of nitrogens with one attached hydrogen (secondary N) is 1. The molecule has 2 amide bonds. The predicted molar refractivity (Wildman–Crippen MR) is 94.7 cm³/mol. The molecular formula is C19H22N2O5. The van der Waals surface area contributed by atoms with Gasteiger partial charge in [-0.15, -0.1) is 0 Å². The number of carbonyl (C=O) groups is 2. The van der Waals surface area contributed by atoms with Gasteiger partial charge in [-0.05, 0) is 31.2 Å². The Bertz CT molecular complexity index is 785. The van der Waals surface area contributed by atoms with Crippen molar-refractivity contribution in [2.75, 3.05) is 25.1 Å². The zero-order valence-electron chi connectivity index (χ0n) is 14.8. The second kappa shape index (κ2) is 7.21. The van der Waals surface area contributed by atoms with Gasteiger partial charge in [0, 0.05) is 24.7 Å². The highest BCUT2D eigenvalue weighted by Gasteiger charge is 2.36. The van der Waals surface area contributed by atoms with Crippen molar-refractivity contribution in [1.29, 1.82) is 0 Å². The molecule has 2 heterocycles. The van der Waals surface area contributed by atoms with Gasteiger partial charge < -0.3 is 24.5 Å². The Kier molecular flexibility index (Phi) is 4.99. The quantitative estimate of drug-likeness (QED) is 0.819. The number of methoxy groups -OCH3 is 1. The highest BCUT2D eigenvalue weighted by molar-refractivity contribution is 6.00. The van der Waals surface area contributed by atoms with E-state index in [1.54, 1.807) is 49.3 Å². The van der Waals surface area contributed by atoms with E-state index in [9.17, 15) is 14.7 Å². The number of carbonyl (C=O) groups excluding carboxylic acids is 2. The van der Waals surface area contributed by atoms with Crippen LogP contribution in [0.25, 0.3) is 0 Å². The normalized spacial score (nSPS) is 19.3. The molecule has 1 aromatic carbocycles. The first-order chi connectivity index (χ1) is 12.4. The first-order valence-electron chi connectivity index (χ1n) is 8.39. The number of amides is 2. The van der Waals surface area contributed by atoms with Gasteiger partial charge >= 0.3 is 0 Å². The van der Waals surface area contributed by atoms with E-state index < -0.39 is 11.5 Å². The average Bonchev–Trinajstić information content (AvgIpc) is 3.30. The van der Waals surface area contributed by atoms with Gasteiger partial charge in [0.05, 0.1) is 25.8 Å². The number of ether oxygens (including phenoxy) is 1. The molecule has 2 atom stereocenters. The predicted octanol–water partition coefficient (Wildman–Crippen LogP) is 1.67. The van der Waals surface area contributed by atoms with Gasteiger partial charge in [-0.3, -0.25) is 9.59 Å². The van der Waals surface area contributed by atoms with Crippen molar-refractivity contribution in [3.63, 3.8) is 0 Å². The Morgan fingerprint density at radius 2 is 2.23 bits per heavy atom. The number of rotatable bonds is 6. The first kappa shape index (κ1) is 18.0. The van der Waals surface area contributed by atoms with Crippen LogP contribution in [0.15, 0.2) is 47.1 Å². The topological polar surface area (TPSA) is 92.0 Å². The van der Waals surface area contributed by atoms with Crippen LogP contribution in [0.3, 0.4) is 0 Å². The average molecular weight is 358 g/mol. The maximum absolute atomic E-state index is 12.5. The smallest absolute Gasteiger partial charge is 0.227 e. The van der Waals surface area contributed by atoms with Crippen molar-refractivity contribution in [3.05, 3.63) is 48.4 Å². The molecule has 1 aliphatic rings. The van der Waals surface area contributed by atoms with E-state index in [0.717, 1.165) is 0 Å². The van der Waals surface area contributed by atoms with E-state index >= 15 is 0 Å². The third kappa shape index (κ3) is 3.72. The fraction of sp³-hybridized carbons (Fsp3) is 0.368. The van der Waals surface area contributed by atoms with Gasteiger partial charge in [-0.1, -0.05) is 6.07 Å². The molecule has 0 spiro atoms. The summed E-state index contributed by atoms with van der Waals surface area (Å²) in [5, 5.41) is 13.1. The van der Waals surface area contributed by atoms with E-state index in [1.807, 2.05) is 6.07 Å². The summed E-state index contributed by atoms with van der Waals surface area (Å²) in [6, 6.07) is 10.5. The molecule has 1 fully saturated rings. The molecule has 138 valence electrons. The Hall–Kier alpha value is -2.80. The number of hydrogen-bond acceptors (Lipinski definition) is 5. The molecule has 2 N–H and O–H groups in total. The highest BCUT2D eigenvalue weighted by atomic mass is 16.5. The minimum atomic E-state index is -1.31. The van der Waals surface area contributed by atoms with Gasteiger partial charge in [0.15, 0.2) is 0 Å². The van der Waals surface area contributed by atoms with Crippen molar-refractivity contribution >= 4 is 17.5 Å². The number of hydrogen-bond donors (Lipinski definition) is 2. The molecule has 0 saturated carbocycles. The van der Waals surface area contributed by atoms with Crippen LogP contribution in [0.4, 0.5) is 5.69 Å². The molecule has 0 bridgehead atoms. The summed E-state index contributed by atoms with van der Waals surface area (Å²) in [6.07, 6.45) is 1.60. The van der Waals surface area contributed by atoms with Crippen LogP contribution >= 0.6 is 0 Å². The zero-order chi connectivity index (χ0) is 18.7. The molecule has 1 aliphatic heterocycles. The SMILES string of the molecule is COc1cccc(N2C[C@H](C(=O)NC[C@@](C)(O)c3ccco3)CC2=O)c1. The Balaban J connectivity index is 1.62. The van der Waals surface area contributed by atoms with Crippen LogP contribution in [0, 0.1) is 5.92 Å². The fourth-order valence-electron chi connectivity index (χ4n) is 2.99. The first-order valence-corrected chi connectivity index (χ1v) is 8.39. The van der Waals surface area contributed by atoms with Gasteiger partial charge in [0.2, 0.25) is 11.8 Å².